The van der Waals surface area contributed by atoms with Crippen LogP contribution in [0.3, 0.4) is 0 Å². The minimum atomic E-state index is -3.37. The van der Waals surface area contributed by atoms with E-state index in [1.807, 2.05) is 56.3 Å². The third-order valence-corrected chi connectivity index (χ3v) is 5.92. The number of aromatic nitrogens is 2. The van der Waals surface area contributed by atoms with Gasteiger partial charge in [0.2, 0.25) is 10.0 Å². The van der Waals surface area contributed by atoms with Gasteiger partial charge < -0.3 is 4.90 Å². The van der Waals surface area contributed by atoms with E-state index in [4.69, 9.17) is 0 Å². The molecule has 0 aliphatic carbocycles. The van der Waals surface area contributed by atoms with E-state index >= 15 is 0 Å². The van der Waals surface area contributed by atoms with Crippen molar-refractivity contribution in [2.24, 2.45) is 0 Å². The topological polar surface area (TPSA) is 66.4 Å². The van der Waals surface area contributed by atoms with Crippen molar-refractivity contribution in [1.82, 2.24) is 14.3 Å². The van der Waals surface area contributed by atoms with E-state index in [9.17, 15) is 8.42 Å². The fraction of sp³-hybridized carbons (Fsp3) is 0.412. The van der Waals surface area contributed by atoms with Crippen LogP contribution in [0.1, 0.15) is 22.6 Å². The number of hydrogen-bond donors (Lipinski definition) is 0. The van der Waals surface area contributed by atoms with Gasteiger partial charge in [-0.05, 0) is 12.5 Å². The second kappa shape index (κ2) is 6.49. The first-order chi connectivity index (χ1) is 11.4. The molecule has 1 aliphatic rings. The Morgan fingerprint density at radius 3 is 2.54 bits per heavy atom. The molecule has 24 heavy (non-hydrogen) atoms. The lowest BCUT2D eigenvalue weighted by molar-refractivity contribution is 0.386. The predicted molar refractivity (Wildman–Crippen MR) is 94.3 cm³/mol. The molecule has 2 aromatic rings. The molecule has 1 aliphatic heterocycles. The Morgan fingerprint density at radius 2 is 1.88 bits per heavy atom. The van der Waals surface area contributed by atoms with Crippen LogP contribution in [-0.2, 0) is 28.7 Å². The molecule has 3 rings (SSSR count). The number of anilines is 1. The third kappa shape index (κ3) is 3.42. The van der Waals surface area contributed by atoms with Crippen LogP contribution in [0.4, 0.5) is 5.82 Å². The van der Waals surface area contributed by atoms with Crippen LogP contribution >= 0.6 is 0 Å². The SMILES string of the molecule is Cc1nc2c(c(N(C)C)n1)CN(S(=O)(=O)Cc1ccccc1)CC2. The van der Waals surface area contributed by atoms with Crippen LogP contribution < -0.4 is 4.90 Å². The molecule has 0 fully saturated rings. The van der Waals surface area contributed by atoms with Gasteiger partial charge in [0.05, 0.1) is 11.4 Å². The Morgan fingerprint density at radius 1 is 1.17 bits per heavy atom. The summed E-state index contributed by atoms with van der Waals surface area (Å²) < 4.78 is 27.1. The molecule has 7 heteroatoms. The Bertz CT molecular complexity index is 835. The summed E-state index contributed by atoms with van der Waals surface area (Å²) in [6, 6.07) is 9.28. The molecule has 6 nitrogen and oxygen atoms in total. The summed E-state index contributed by atoms with van der Waals surface area (Å²) in [5.74, 6) is 1.54. The standard InChI is InChI=1S/C17H22N4O2S/c1-13-18-16-9-10-21(11-15(16)17(19-13)20(2)3)24(22,23)12-14-7-5-4-6-8-14/h4-8H,9-12H2,1-3H3. The second-order valence-electron chi connectivity index (χ2n) is 6.24. The maximum atomic E-state index is 12.8. The molecule has 0 unspecified atom stereocenters. The predicted octanol–water partition coefficient (Wildman–Crippen LogP) is 1.74. The van der Waals surface area contributed by atoms with Gasteiger partial charge in [-0.1, -0.05) is 30.3 Å². The molecule has 0 saturated carbocycles. The molecule has 1 aromatic carbocycles. The highest BCUT2D eigenvalue weighted by Gasteiger charge is 2.30. The van der Waals surface area contributed by atoms with Crippen molar-refractivity contribution in [2.45, 2.75) is 25.6 Å². The fourth-order valence-corrected chi connectivity index (χ4v) is 4.47. The van der Waals surface area contributed by atoms with Crippen LogP contribution in [0.15, 0.2) is 30.3 Å². The van der Waals surface area contributed by atoms with Crippen LogP contribution in [0.2, 0.25) is 0 Å². The zero-order chi connectivity index (χ0) is 17.3. The highest BCUT2D eigenvalue weighted by Crippen LogP contribution is 2.27. The monoisotopic (exact) mass is 346 g/mol. The number of hydrogen-bond acceptors (Lipinski definition) is 5. The summed E-state index contributed by atoms with van der Waals surface area (Å²) in [7, 11) is 0.460. The van der Waals surface area contributed by atoms with E-state index in [1.54, 1.807) is 4.31 Å². The van der Waals surface area contributed by atoms with Crippen molar-refractivity contribution < 1.29 is 8.42 Å². The normalized spacial score (nSPS) is 15.1. The number of nitrogens with zero attached hydrogens (tertiary/aromatic N) is 4. The number of aryl methyl sites for hydroxylation is 1. The van der Waals surface area contributed by atoms with Crippen molar-refractivity contribution in [3.05, 3.63) is 53.0 Å². The van der Waals surface area contributed by atoms with Crippen LogP contribution in [-0.4, -0.2) is 43.3 Å². The Hall–Kier alpha value is -1.99. The lowest BCUT2D eigenvalue weighted by Crippen LogP contribution is -2.38. The third-order valence-electron chi connectivity index (χ3n) is 4.12. The van der Waals surface area contributed by atoms with Crippen LogP contribution in [0, 0.1) is 6.92 Å². The maximum Gasteiger partial charge on any atom is 0.218 e. The van der Waals surface area contributed by atoms with Gasteiger partial charge in [0.25, 0.3) is 0 Å². The molecule has 0 N–H and O–H groups in total. The first kappa shape index (κ1) is 16.9. The highest BCUT2D eigenvalue weighted by molar-refractivity contribution is 7.88. The minimum Gasteiger partial charge on any atom is -0.362 e. The fourth-order valence-electron chi connectivity index (χ4n) is 2.98. The lowest BCUT2D eigenvalue weighted by atomic mass is 10.1. The molecule has 0 amide bonds. The summed E-state index contributed by atoms with van der Waals surface area (Å²) in [5, 5.41) is 0. The number of benzene rings is 1. The van der Waals surface area contributed by atoms with Crippen LogP contribution in [0.25, 0.3) is 0 Å². The minimum absolute atomic E-state index is 0.0210. The number of fused-ring (bicyclic) bond motifs is 1. The first-order valence-corrected chi connectivity index (χ1v) is 9.53. The zero-order valence-electron chi connectivity index (χ0n) is 14.2. The number of sulfonamides is 1. The van der Waals surface area contributed by atoms with Gasteiger partial charge in [0, 0.05) is 39.2 Å². The van der Waals surface area contributed by atoms with Gasteiger partial charge in [0.1, 0.15) is 11.6 Å². The highest BCUT2D eigenvalue weighted by atomic mass is 32.2. The largest absolute Gasteiger partial charge is 0.362 e. The van der Waals surface area contributed by atoms with E-state index in [0.29, 0.717) is 19.5 Å². The average Bonchev–Trinajstić information content (AvgIpc) is 2.54. The second-order valence-corrected chi connectivity index (χ2v) is 8.21. The van der Waals surface area contributed by atoms with Crippen molar-refractivity contribution in [3.63, 3.8) is 0 Å². The molecule has 0 bridgehead atoms. The van der Waals surface area contributed by atoms with Crippen molar-refractivity contribution in [1.29, 1.82) is 0 Å². The Kier molecular flexibility index (Phi) is 4.56. The van der Waals surface area contributed by atoms with Crippen LogP contribution in [0.5, 0.6) is 0 Å². The molecule has 0 atom stereocenters. The summed E-state index contributed by atoms with van der Waals surface area (Å²) in [5.41, 5.74) is 2.67. The van der Waals surface area contributed by atoms with Crippen molar-refractivity contribution >= 4 is 15.8 Å². The van der Waals surface area contributed by atoms with Crippen molar-refractivity contribution in [3.8, 4) is 0 Å². The summed E-state index contributed by atoms with van der Waals surface area (Å²) in [6.45, 7) is 2.66. The Labute approximate surface area is 143 Å². The summed E-state index contributed by atoms with van der Waals surface area (Å²) in [4.78, 5) is 10.9. The summed E-state index contributed by atoms with van der Waals surface area (Å²) >= 11 is 0. The van der Waals surface area contributed by atoms with Gasteiger partial charge in [0.15, 0.2) is 0 Å². The quantitative estimate of drug-likeness (QED) is 0.844. The number of rotatable bonds is 4. The van der Waals surface area contributed by atoms with E-state index in [-0.39, 0.29) is 5.75 Å². The van der Waals surface area contributed by atoms with Crippen molar-refractivity contribution in [2.75, 3.05) is 25.5 Å². The van der Waals surface area contributed by atoms with E-state index in [2.05, 4.69) is 9.97 Å². The first-order valence-electron chi connectivity index (χ1n) is 7.92. The molecular weight excluding hydrogens is 324 g/mol. The molecular formula is C17H22N4O2S. The maximum absolute atomic E-state index is 12.8. The molecule has 0 spiro atoms. The summed E-state index contributed by atoms with van der Waals surface area (Å²) in [6.07, 6.45) is 0.619. The van der Waals surface area contributed by atoms with E-state index < -0.39 is 10.0 Å². The van der Waals surface area contributed by atoms with Gasteiger partial charge in [-0.2, -0.15) is 4.31 Å². The van der Waals surface area contributed by atoms with Gasteiger partial charge in [-0.25, -0.2) is 18.4 Å². The molecule has 128 valence electrons. The molecule has 2 heterocycles. The average molecular weight is 346 g/mol. The Balaban J connectivity index is 1.89. The molecule has 0 saturated heterocycles. The smallest absolute Gasteiger partial charge is 0.218 e. The van der Waals surface area contributed by atoms with E-state index in [1.165, 1.54) is 0 Å². The van der Waals surface area contributed by atoms with Gasteiger partial charge in [-0.15, -0.1) is 0 Å². The zero-order valence-corrected chi connectivity index (χ0v) is 15.0. The van der Waals surface area contributed by atoms with E-state index in [0.717, 1.165) is 28.5 Å². The molecule has 1 aromatic heterocycles. The lowest BCUT2D eigenvalue weighted by Gasteiger charge is -2.30. The molecule has 0 radical (unpaired) electrons. The van der Waals surface area contributed by atoms with Gasteiger partial charge in [-0.3, -0.25) is 0 Å². The van der Waals surface area contributed by atoms with Gasteiger partial charge >= 0.3 is 0 Å².